The van der Waals surface area contributed by atoms with Gasteiger partial charge < -0.3 is 9.47 Å². The lowest BCUT2D eigenvalue weighted by Crippen LogP contribution is -2.30. The third-order valence-electron chi connectivity index (χ3n) is 5.45. The lowest BCUT2D eigenvalue weighted by Gasteiger charge is -2.19. The van der Waals surface area contributed by atoms with Crippen LogP contribution < -0.4 is 10.5 Å². The number of aryl methyl sites for hydroxylation is 1. The van der Waals surface area contributed by atoms with Crippen LogP contribution in [-0.2, 0) is 13.0 Å². The topological polar surface area (TPSA) is 60.1 Å². The van der Waals surface area contributed by atoms with Crippen LogP contribution in [0.5, 0.6) is 0 Å². The lowest BCUT2D eigenvalue weighted by molar-refractivity contribution is 0.0989. The summed E-state index contributed by atoms with van der Waals surface area (Å²) in [6.45, 7) is 3.27. The number of nitrogens with zero attached hydrogens (tertiary/aromatic N) is 4. The van der Waals surface area contributed by atoms with Gasteiger partial charge in [0.05, 0.1) is 16.8 Å². The second-order valence-electron chi connectivity index (χ2n) is 7.15. The number of aromatic nitrogens is 3. The van der Waals surface area contributed by atoms with Crippen LogP contribution >= 0.6 is 0 Å². The van der Waals surface area contributed by atoms with Gasteiger partial charge in [0.15, 0.2) is 0 Å². The highest BCUT2D eigenvalue weighted by Crippen LogP contribution is 2.31. The lowest BCUT2D eigenvalue weighted by atomic mass is 10.1. The summed E-state index contributed by atoms with van der Waals surface area (Å²) in [4.78, 5) is 28.4. The predicted octanol–water partition coefficient (Wildman–Crippen LogP) is 3.36. The van der Waals surface area contributed by atoms with Gasteiger partial charge in [-0.05, 0) is 37.1 Å². The molecule has 0 atom stereocenters. The Morgan fingerprint density at radius 1 is 1.03 bits per heavy atom. The van der Waals surface area contributed by atoms with E-state index in [0.29, 0.717) is 35.6 Å². The first kappa shape index (κ1) is 17.4. The minimum absolute atomic E-state index is 0.125. The fourth-order valence-electron chi connectivity index (χ4n) is 3.94. The number of hydrogen-bond acceptors (Lipinski definition) is 3. The van der Waals surface area contributed by atoms with Gasteiger partial charge in [-0.15, -0.1) is 0 Å². The molecule has 0 fully saturated rings. The van der Waals surface area contributed by atoms with Crippen molar-refractivity contribution in [2.45, 2.75) is 19.9 Å². The van der Waals surface area contributed by atoms with Crippen molar-refractivity contribution >= 4 is 11.6 Å². The molecule has 0 saturated heterocycles. The van der Waals surface area contributed by atoms with Crippen LogP contribution in [0.2, 0.25) is 0 Å². The average molecular weight is 384 g/mol. The minimum Gasteiger partial charge on any atom is -0.353 e. The van der Waals surface area contributed by atoms with Gasteiger partial charge >= 0.3 is 0 Å². The zero-order chi connectivity index (χ0) is 20.0. The van der Waals surface area contributed by atoms with E-state index in [-0.39, 0.29) is 11.5 Å². The average Bonchev–Trinajstić information content (AvgIpc) is 3.35. The van der Waals surface area contributed by atoms with Gasteiger partial charge in [-0.2, -0.15) is 9.78 Å². The number of rotatable bonds is 3. The van der Waals surface area contributed by atoms with Gasteiger partial charge in [0, 0.05) is 31.2 Å². The molecule has 5 rings (SSSR count). The Bertz CT molecular complexity index is 1240. The van der Waals surface area contributed by atoms with Crippen molar-refractivity contribution in [1.29, 1.82) is 0 Å². The number of pyridine rings is 1. The number of anilines is 1. The number of carbonyl (C=O) groups excluding carboxylic acids is 1. The van der Waals surface area contributed by atoms with Crippen LogP contribution in [0.1, 0.15) is 22.8 Å². The van der Waals surface area contributed by atoms with Gasteiger partial charge in [-0.1, -0.05) is 36.4 Å². The quantitative estimate of drug-likeness (QED) is 0.544. The van der Waals surface area contributed by atoms with Crippen LogP contribution in [0.25, 0.3) is 16.9 Å². The fraction of sp³-hybridized carbons (Fsp3) is 0.174. The van der Waals surface area contributed by atoms with Gasteiger partial charge in [-0.25, -0.2) is 0 Å². The van der Waals surface area contributed by atoms with E-state index in [2.05, 4.69) is 11.2 Å². The highest BCUT2D eigenvalue weighted by atomic mass is 16.2. The van der Waals surface area contributed by atoms with Crippen molar-refractivity contribution in [2.75, 3.05) is 11.4 Å². The molecule has 0 N–H and O–H groups in total. The Morgan fingerprint density at radius 3 is 2.59 bits per heavy atom. The highest BCUT2D eigenvalue weighted by molar-refractivity contribution is 6.10. The van der Waals surface area contributed by atoms with E-state index >= 15 is 0 Å². The van der Waals surface area contributed by atoms with E-state index in [4.69, 9.17) is 0 Å². The molecule has 2 aromatic carbocycles. The van der Waals surface area contributed by atoms with Crippen LogP contribution in [0.15, 0.2) is 71.8 Å². The standard InChI is InChI=1S/C23H20N4O2/c1-2-25-14-18(22(28)26-13-12-16-8-6-7-11-20(16)26)21-19(15-25)23(29)27(24-21)17-9-4-3-5-10-17/h3-11,14-15H,2,12-13H2,1H3. The maximum absolute atomic E-state index is 13.5. The molecule has 0 spiro atoms. The summed E-state index contributed by atoms with van der Waals surface area (Å²) in [5.74, 6) is -0.125. The first-order valence-corrected chi connectivity index (χ1v) is 9.75. The van der Waals surface area contributed by atoms with Crippen molar-refractivity contribution in [1.82, 2.24) is 14.3 Å². The number of fused-ring (bicyclic) bond motifs is 2. The molecular formula is C23H20N4O2. The second kappa shape index (κ2) is 6.74. The molecule has 2 aromatic rings. The maximum atomic E-state index is 13.5. The number of amides is 1. The smallest absolute Gasteiger partial charge is 0.282 e. The zero-order valence-electron chi connectivity index (χ0n) is 16.1. The Hall–Kier alpha value is -3.67. The molecule has 0 bridgehead atoms. The van der Waals surface area contributed by atoms with Crippen molar-refractivity contribution in [3.63, 3.8) is 0 Å². The molecule has 0 saturated carbocycles. The van der Waals surface area contributed by atoms with E-state index in [1.54, 1.807) is 17.3 Å². The summed E-state index contributed by atoms with van der Waals surface area (Å²) in [5, 5.41) is 4.55. The van der Waals surface area contributed by atoms with Crippen molar-refractivity contribution in [3.8, 4) is 16.9 Å². The maximum Gasteiger partial charge on any atom is 0.282 e. The van der Waals surface area contributed by atoms with Crippen LogP contribution in [0.3, 0.4) is 0 Å². The van der Waals surface area contributed by atoms with E-state index in [1.165, 1.54) is 4.68 Å². The van der Waals surface area contributed by atoms with Crippen LogP contribution in [0, 0.1) is 0 Å². The third-order valence-corrected chi connectivity index (χ3v) is 5.45. The van der Waals surface area contributed by atoms with Crippen LogP contribution in [-0.4, -0.2) is 26.8 Å². The molecule has 6 heteroatoms. The molecule has 6 nitrogen and oxygen atoms in total. The van der Waals surface area contributed by atoms with E-state index < -0.39 is 0 Å². The molecule has 0 aliphatic carbocycles. The van der Waals surface area contributed by atoms with Gasteiger partial charge in [0.2, 0.25) is 0 Å². The fourth-order valence-corrected chi connectivity index (χ4v) is 3.94. The van der Waals surface area contributed by atoms with Gasteiger partial charge in [0.1, 0.15) is 5.69 Å². The molecule has 0 unspecified atom stereocenters. The Kier molecular flexibility index (Phi) is 4.05. The summed E-state index contributed by atoms with van der Waals surface area (Å²) >= 11 is 0. The Balaban J connectivity index is 1.68. The SMILES string of the molecule is CCn1cc(C(=O)N2CCc3ccccc32)c2nn(-c3ccccc3)c(=O)c-2c1. The minimum atomic E-state index is -0.218. The first-order valence-electron chi connectivity index (χ1n) is 9.75. The number of para-hydroxylation sites is 2. The highest BCUT2D eigenvalue weighted by Gasteiger charge is 2.30. The summed E-state index contributed by atoms with van der Waals surface area (Å²) < 4.78 is 3.25. The van der Waals surface area contributed by atoms with E-state index in [0.717, 1.165) is 17.7 Å². The molecule has 3 heterocycles. The zero-order valence-corrected chi connectivity index (χ0v) is 16.1. The summed E-state index contributed by atoms with van der Waals surface area (Å²) in [6.07, 6.45) is 4.41. The normalized spacial score (nSPS) is 13.1. The monoisotopic (exact) mass is 384 g/mol. The molecule has 29 heavy (non-hydrogen) atoms. The Morgan fingerprint density at radius 2 is 1.79 bits per heavy atom. The van der Waals surface area contributed by atoms with Crippen molar-refractivity contribution < 1.29 is 4.79 Å². The predicted molar refractivity (Wildman–Crippen MR) is 112 cm³/mol. The largest absolute Gasteiger partial charge is 0.353 e. The molecular weight excluding hydrogens is 364 g/mol. The third kappa shape index (κ3) is 2.76. The number of hydrogen-bond donors (Lipinski definition) is 0. The molecule has 0 radical (unpaired) electrons. The summed E-state index contributed by atoms with van der Waals surface area (Å²) in [5.41, 5.74) is 3.91. The number of carbonyl (C=O) groups is 1. The summed E-state index contributed by atoms with van der Waals surface area (Å²) in [7, 11) is 0. The first-order chi connectivity index (χ1) is 14.2. The van der Waals surface area contributed by atoms with Crippen molar-refractivity contribution in [3.05, 3.63) is 88.5 Å². The molecule has 3 aliphatic heterocycles. The second-order valence-corrected chi connectivity index (χ2v) is 7.15. The van der Waals surface area contributed by atoms with Crippen molar-refractivity contribution in [2.24, 2.45) is 0 Å². The van der Waals surface area contributed by atoms with Gasteiger partial charge in [0.25, 0.3) is 11.5 Å². The molecule has 0 aromatic heterocycles. The van der Waals surface area contributed by atoms with E-state index in [9.17, 15) is 9.59 Å². The van der Waals surface area contributed by atoms with E-state index in [1.807, 2.05) is 60.0 Å². The Labute approximate surface area is 168 Å². The molecule has 1 amide bonds. The number of benzene rings is 2. The molecule has 3 aliphatic rings. The summed E-state index contributed by atoms with van der Waals surface area (Å²) in [6, 6.07) is 17.2. The molecule has 144 valence electrons. The van der Waals surface area contributed by atoms with Gasteiger partial charge in [-0.3, -0.25) is 9.59 Å². The van der Waals surface area contributed by atoms with Crippen LogP contribution in [0.4, 0.5) is 5.69 Å².